The van der Waals surface area contributed by atoms with Crippen LogP contribution in [0.1, 0.15) is 26.7 Å². The van der Waals surface area contributed by atoms with Gasteiger partial charge in [-0.2, -0.15) is 0 Å². The third-order valence-corrected chi connectivity index (χ3v) is 2.71. The Hall–Kier alpha value is -0.380. The zero-order valence-corrected chi connectivity index (χ0v) is 8.20. The molecule has 0 aromatic heterocycles. The van der Waals surface area contributed by atoms with Gasteiger partial charge in [0.05, 0.1) is 12.2 Å². The van der Waals surface area contributed by atoms with Crippen molar-refractivity contribution in [2.75, 3.05) is 6.61 Å². The highest BCUT2D eigenvalue weighted by molar-refractivity contribution is 5.10. The van der Waals surface area contributed by atoms with Crippen LogP contribution < -0.4 is 0 Å². The molecule has 0 aliphatic heterocycles. The van der Waals surface area contributed by atoms with Gasteiger partial charge in [0.2, 0.25) is 0 Å². The van der Waals surface area contributed by atoms with Gasteiger partial charge >= 0.3 is 0 Å². The standard InChI is InChI=1S/C10H18O3/c1-9(2,12)8-3-5-10(13,7-11)6-4-8/h3,5,8,11-13H,4,6-7H2,1-2H3/t8-,10-/m0/s1. The lowest BCUT2D eigenvalue weighted by Gasteiger charge is -2.34. The van der Waals surface area contributed by atoms with E-state index in [2.05, 4.69) is 0 Å². The van der Waals surface area contributed by atoms with Gasteiger partial charge in [-0.05, 0) is 26.7 Å². The van der Waals surface area contributed by atoms with Crippen LogP contribution in [0.4, 0.5) is 0 Å². The lowest BCUT2D eigenvalue weighted by atomic mass is 9.78. The largest absolute Gasteiger partial charge is 0.393 e. The van der Waals surface area contributed by atoms with Gasteiger partial charge in [-0.15, -0.1) is 0 Å². The van der Waals surface area contributed by atoms with E-state index in [0.717, 1.165) is 0 Å². The molecular weight excluding hydrogens is 168 g/mol. The van der Waals surface area contributed by atoms with Crippen molar-refractivity contribution >= 4 is 0 Å². The highest BCUT2D eigenvalue weighted by atomic mass is 16.3. The first-order valence-electron chi connectivity index (χ1n) is 4.62. The molecule has 3 nitrogen and oxygen atoms in total. The first kappa shape index (κ1) is 10.7. The number of aliphatic hydroxyl groups excluding tert-OH is 1. The second-order valence-corrected chi connectivity index (χ2v) is 4.42. The first-order chi connectivity index (χ1) is 5.87. The molecule has 3 heteroatoms. The fraction of sp³-hybridized carbons (Fsp3) is 0.800. The lowest BCUT2D eigenvalue weighted by molar-refractivity contribution is -0.0158. The summed E-state index contributed by atoms with van der Waals surface area (Å²) in [5.74, 6) is 0.0688. The smallest absolute Gasteiger partial charge is 0.106 e. The fourth-order valence-electron chi connectivity index (χ4n) is 1.60. The molecule has 0 heterocycles. The molecule has 2 atom stereocenters. The van der Waals surface area contributed by atoms with Crippen LogP contribution >= 0.6 is 0 Å². The molecule has 0 unspecified atom stereocenters. The maximum absolute atomic E-state index is 9.69. The normalized spacial score (nSPS) is 35.0. The number of hydrogen-bond acceptors (Lipinski definition) is 3. The van der Waals surface area contributed by atoms with Crippen molar-refractivity contribution < 1.29 is 15.3 Å². The molecule has 1 aliphatic rings. The summed E-state index contributed by atoms with van der Waals surface area (Å²) in [6, 6.07) is 0. The van der Waals surface area contributed by atoms with E-state index in [1.54, 1.807) is 26.0 Å². The minimum atomic E-state index is -1.07. The predicted octanol–water partition coefficient (Wildman–Crippen LogP) is 0.447. The van der Waals surface area contributed by atoms with Crippen LogP contribution in [-0.4, -0.2) is 33.1 Å². The average molecular weight is 186 g/mol. The third-order valence-electron chi connectivity index (χ3n) is 2.71. The van der Waals surface area contributed by atoms with Crippen molar-refractivity contribution in [3.8, 4) is 0 Å². The van der Waals surface area contributed by atoms with Crippen LogP contribution in [0, 0.1) is 5.92 Å². The Morgan fingerprint density at radius 1 is 1.54 bits per heavy atom. The minimum absolute atomic E-state index is 0.0688. The Kier molecular flexibility index (Phi) is 2.80. The number of hydrogen-bond donors (Lipinski definition) is 3. The van der Waals surface area contributed by atoms with Crippen molar-refractivity contribution in [2.24, 2.45) is 5.92 Å². The highest BCUT2D eigenvalue weighted by Crippen LogP contribution is 2.31. The minimum Gasteiger partial charge on any atom is -0.393 e. The van der Waals surface area contributed by atoms with Crippen molar-refractivity contribution in [3.05, 3.63) is 12.2 Å². The van der Waals surface area contributed by atoms with Gasteiger partial charge in [0, 0.05) is 5.92 Å². The molecule has 0 aromatic rings. The lowest BCUT2D eigenvalue weighted by Crippen LogP contribution is -2.39. The maximum Gasteiger partial charge on any atom is 0.106 e. The van der Waals surface area contributed by atoms with E-state index in [1.807, 2.05) is 0 Å². The molecule has 1 aliphatic carbocycles. The maximum atomic E-state index is 9.69. The summed E-state index contributed by atoms with van der Waals surface area (Å²) in [5, 5.41) is 28.2. The molecule has 1 rings (SSSR count). The fourth-order valence-corrected chi connectivity index (χ4v) is 1.60. The number of rotatable bonds is 2. The van der Waals surface area contributed by atoms with Crippen molar-refractivity contribution in [1.82, 2.24) is 0 Å². The summed E-state index contributed by atoms with van der Waals surface area (Å²) >= 11 is 0. The highest BCUT2D eigenvalue weighted by Gasteiger charge is 2.33. The van der Waals surface area contributed by atoms with Crippen LogP contribution in [0.15, 0.2) is 12.2 Å². The Balaban J connectivity index is 2.67. The first-order valence-corrected chi connectivity index (χ1v) is 4.62. The summed E-state index contributed by atoms with van der Waals surface area (Å²) < 4.78 is 0. The van der Waals surface area contributed by atoms with E-state index in [0.29, 0.717) is 12.8 Å². The second kappa shape index (κ2) is 3.40. The van der Waals surface area contributed by atoms with Gasteiger partial charge in [0.15, 0.2) is 0 Å². The molecular formula is C10H18O3. The van der Waals surface area contributed by atoms with Crippen LogP contribution in [0.2, 0.25) is 0 Å². The molecule has 0 spiro atoms. The van der Waals surface area contributed by atoms with Crippen LogP contribution in [0.25, 0.3) is 0 Å². The number of aliphatic hydroxyl groups is 3. The monoisotopic (exact) mass is 186 g/mol. The van der Waals surface area contributed by atoms with Gasteiger partial charge in [0.1, 0.15) is 5.60 Å². The Morgan fingerprint density at radius 2 is 2.15 bits per heavy atom. The molecule has 3 N–H and O–H groups in total. The summed E-state index contributed by atoms with van der Waals surface area (Å²) in [5.41, 5.74) is -1.81. The zero-order valence-electron chi connectivity index (χ0n) is 8.20. The van der Waals surface area contributed by atoms with E-state index < -0.39 is 11.2 Å². The third kappa shape index (κ3) is 2.53. The Labute approximate surface area is 78.7 Å². The van der Waals surface area contributed by atoms with Gasteiger partial charge in [-0.1, -0.05) is 12.2 Å². The molecule has 0 saturated carbocycles. The summed E-state index contributed by atoms with van der Waals surface area (Å²) in [4.78, 5) is 0. The summed E-state index contributed by atoms with van der Waals surface area (Å²) in [6.45, 7) is 3.26. The van der Waals surface area contributed by atoms with Crippen LogP contribution in [0.5, 0.6) is 0 Å². The van der Waals surface area contributed by atoms with Crippen molar-refractivity contribution in [3.63, 3.8) is 0 Å². The van der Waals surface area contributed by atoms with Gasteiger partial charge < -0.3 is 15.3 Å². The molecule has 0 aromatic carbocycles. The van der Waals surface area contributed by atoms with E-state index in [9.17, 15) is 10.2 Å². The Bertz CT molecular complexity index is 205. The average Bonchev–Trinajstić information content (AvgIpc) is 2.04. The molecule has 76 valence electrons. The van der Waals surface area contributed by atoms with Crippen molar-refractivity contribution in [2.45, 2.75) is 37.9 Å². The van der Waals surface area contributed by atoms with Crippen LogP contribution in [0.3, 0.4) is 0 Å². The van der Waals surface area contributed by atoms with E-state index in [4.69, 9.17) is 5.11 Å². The molecule has 0 radical (unpaired) electrons. The second-order valence-electron chi connectivity index (χ2n) is 4.42. The summed E-state index contributed by atoms with van der Waals surface area (Å²) in [7, 11) is 0. The quantitative estimate of drug-likeness (QED) is 0.549. The van der Waals surface area contributed by atoms with E-state index in [1.165, 1.54) is 0 Å². The van der Waals surface area contributed by atoms with E-state index >= 15 is 0 Å². The SMILES string of the molecule is CC(C)(O)[C@H]1C=C[C@@](O)(CO)CC1. The van der Waals surface area contributed by atoms with Gasteiger partial charge in [-0.25, -0.2) is 0 Å². The molecule has 0 fully saturated rings. The Morgan fingerprint density at radius 3 is 2.46 bits per heavy atom. The molecule has 13 heavy (non-hydrogen) atoms. The predicted molar refractivity (Wildman–Crippen MR) is 50.2 cm³/mol. The van der Waals surface area contributed by atoms with E-state index in [-0.39, 0.29) is 12.5 Å². The molecule has 0 saturated heterocycles. The summed E-state index contributed by atoms with van der Waals surface area (Å²) in [6.07, 6.45) is 4.60. The van der Waals surface area contributed by atoms with Gasteiger partial charge in [0.25, 0.3) is 0 Å². The zero-order chi connectivity index (χ0) is 10.1. The molecule has 0 bridgehead atoms. The van der Waals surface area contributed by atoms with Crippen molar-refractivity contribution in [1.29, 1.82) is 0 Å². The topological polar surface area (TPSA) is 60.7 Å². The van der Waals surface area contributed by atoms with Crippen LogP contribution in [-0.2, 0) is 0 Å². The van der Waals surface area contributed by atoms with Gasteiger partial charge in [-0.3, -0.25) is 0 Å². The molecule has 0 amide bonds.